The van der Waals surface area contributed by atoms with E-state index in [-0.39, 0.29) is 5.69 Å². The van der Waals surface area contributed by atoms with Gasteiger partial charge < -0.3 is 10.4 Å². The molecule has 1 atom stereocenters. The third-order valence-corrected chi connectivity index (χ3v) is 1.71. The van der Waals surface area contributed by atoms with Crippen LogP contribution < -0.4 is 5.32 Å². The van der Waals surface area contributed by atoms with Crippen LogP contribution in [0.1, 0.15) is 10.5 Å². The van der Waals surface area contributed by atoms with E-state index in [9.17, 15) is 18.0 Å². The number of rotatable bonds is 4. The highest BCUT2D eigenvalue weighted by Crippen LogP contribution is 2.00. The number of hydrogen-bond acceptors (Lipinski definition) is 3. The first kappa shape index (κ1) is 12.4. The molecule has 0 aliphatic heterocycles. The predicted molar refractivity (Wildman–Crippen MR) is 48.5 cm³/mol. The highest BCUT2D eigenvalue weighted by Gasteiger charge is 2.18. The minimum Gasteiger partial charge on any atom is -0.385 e. The number of alkyl halides is 2. The lowest BCUT2D eigenvalue weighted by atomic mass is 10.3. The van der Waals surface area contributed by atoms with Gasteiger partial charge in [-0.2, -0.15) is 4.39 Å². The van der Waals surface area contributed by atoms with Crippen LogP contribution in [0.15, 0.2) is 18.2 Å². The molecule has 0 bridgehead atoms. The number of pyridine rings is 1. The Hall–Kier alpha value is -1.63. The van der Waals surface area contributed by atoms with Gasteiger partial charge in [-0.1, -0.05) is 6.07 Å². The fraction of sp³-hybridized carbons (Fsp3) is 0.333. The lowest BCUT2D eigenvalue weighted by molar-refractivity contribution is -0.00273. The SMILES string of the molecule is O=C(NCC(O)C(F)F)c1cccc(F)n1. The van der Waals surface area contributed by atoms with Crippen molar-refractivity contribution in [1.82, 2.24) is 10.3 Å². The minimum absolute atomic E-state index is 0.235. The molecule has 0 saturated carbocycles. The maximum absolute atomic E-state index is 12.6. The van der Waals surface area contributed by atoms with Crippen LogP contribution in [0.25, 0.3) is 0 Å². The van der Waals surface area contributed by atoms with Crippen LogP contribution >= 0.6 is 0 Å². The number of nitrogens with one attached hydrogen (secondary N) is 1. The number of carbonyl (C=O) groups excluding carboxylic acids is 1. The normalized spacial score (nSPS) is 12.6. The van der Waals surface area contributed by atoms with E-state index in [1.54, 1.807) is 0 Å². The second-order valence-electron chi connectivity index (χ2n) is 2.96. The molecule has 16 heavy (non-hydrogen) atoms. The van der Waals surface area contributed by atoms with E-state index in [2.05, 4.69) is 4.98 Å². The number of nitrogens with zero attached hydrogens (tertiary/aromatic N) is 1. The first-order valence-corrected chi connectivity index (χ1v) is 4.37. The van der Waals surface area contributed by atoms with Crippen LogP contribution in [0.5, 0.6) is 0 Å². The molecule has 0 aromatic carbocycles. The Balaban J connectivity index is 2.53. The van der Waals surface area contributed by atoms with Crippen LogP contribution in [0, 0.1) is 5.95 Å². The zero-order valence-electron chi connectivity index (χ0n) is 8.03. The monoisotopic (exact) mass is 234 g/mol. The zero-order chi connectivity index (χ0) is 12.1. The molecular weight excluding hydrogens is 225 g/mol. The Morgan fingerprint density at radius 2 is 2.19 bits per heavy atom. The third-order valence-electron chi connectivity index (χ3n) is 1.71. The summed E-state index contributed by atoms with van der Waals surface area (Å²) in [7, 11) is 0. The molecular formula is C9H9F3N2O2. The van der Waals surface area contributed by atoms with E-state index in [1.807, 2.05) is 5.32 Å². The molecule has 1 aromatic heterocycles. The van der Waals surface area contributed by atoms with Gasteiger partial charge in [-0.15, -0.1) is 0 Å². The molecule has 0 fully saturated rings. The topological polar surface area (TPSA) is 62.2 Å². The van der Waals surface area contributed by atoms with Crippen molar-refractivity contribution >= 4 is 5.91 Å². The van der Waals surface area contributed by atoms with E-state index in [0.717, 1.165) is 6.07 Å². The number of carbonyl (C=O) groups is 1. The van der Waals surface area contributed by atoms with Gasteiger partial charge in [0.15, 0.2) is 0 Å². The molecule has 88 valence electrons. The Labute approximate surface area is 89.1 Å². The predicted octanol–water partition coefficient (Wildman–Crippen LogP) is 0.577. The molecule has 0 aliphatic rings. The summed E-state index contributed by atoms with van der Waals surface area (Å²) in [6, 6.07) is 3.54. The molecule has 0 saturated heterocycles. The van der Waals surface area contributed by atoms with Gasteiger partial charge in [-0.25, -0.2) is 13.8 Å². The van der Waals surface area contributed by atoms with Crippen molar-refractivity contribution in [2.75, 3.05) is 6.54 Å². The first-order valence-electron chi connectivity index (χ1n) is 4.37. The molecule has 1 rings (SSSR count). The van der Waals surface area contributed by atoms with E-state index < -0.39 is 30.9 Å². The number of amides is 1. The molecule has 1 amide bonds. The molecule has 2 N–H and O–H groups in total. The lowest BCUT2D eigenvalue weighted by Gasteiger charge is -2.10. The second-order valence-corrected chi connectivity index (χ2v) is 2.96. The zero-order valence-corrected chi connectivity index (χ0v) is 8.03. The van der Waals surface area contributed by atoms with Crippen molar-refractivity contribution < 1.29 is 23.1 Å². The summed E-state index contributed by atoms with van der Waals surface area (Å²) in [6.07, 6.45) is -4.89. The number of aromatic nitrogens is 1. The van der Waals surface area contributed by atoms with Gasteiger partial charge in [0.1, 0.15) is 11.8 Å². The van der Waals surface area contributed by atoms with Gasteiger partial charge >= 0.3 is 0 Å². The average Bonchev–Trinajstić information content (AvgIpc) is 2.25. The maximum Gasteiger partial charge on any atom is 0.270 e. The number of hydrogen-bond donors (Lipinski definition) is 2. The minimum atomic E-state index is -2.94. The van der Waals surface area contributed by atoms with Gasteiger partial charge in [-0.05, 0) is 12.1 Å². The summed E-state index contributed by atoms with van der Waals surface area (Å²) in [6.45, 7) is -0.616. The van der Waals surface area contributed by atoms with Crippen LogP contribution in [0.3, 0.4) is 0 Å². The summed E-state index contributed by atoms with van der Waals surface area (Å²) >= 11 is 0. The molecule has 7 heteroatoms. The first-order chi connectivity index (χ1) is 7.50. The molecule has 1 unspecified atom stereocenters. The van der Waals surface area contributed by atoms with Crippen molar-refractivity contribution in [2.24, 2.45) is 0 Å². The summed E-state index contributed by atoms with van der Waals surface area (Å²) < 4.78 is 36.3. The van der Waals surface area contributed by atoms with Crippen molar-refractivity contribution in [3.8, 4) is 0 Å². The lowest BCUT2D eigenvalue weighted by Crippen LogP contribution is -2.36. The quantitative estimate of drug-likeness (QED) is 0.749. The molecule has 0 spiro atoms. The van der Waals surface area contributed by atoms with Gasteiger partial charge in [-0.3, -0.25) is 4.79 Å². The number of aliphatic hydroxyl groups is 1. The van der Waals surface area contributed by atoms with E-state index in [0.29, 0.717) is 0 Å². The van der Waals surface area contributed by atoms with Crippen molar-refractivity contribution in [1.29, 1.82) is 0 Å². The van der Waals surface area contributed by atoms with Crippen LogP contribution in [0.4, 0.5) is 13.2 Å². The number of aliphatic hydroxyl groups excluding tert-OH is 1. The number of halogens is 3. The standard InChI is InChI=1S/C9H9F3N2O2/c10-7-3-1-2-5(14-7)9(16)13-4-6(15)8(11)12/h1-3,6,8,15H,4H2,(H,13,16). The summed E-state index contributed by atoms with van der Waals surface area (Å²) in [5, 5.41) is 10.7. The van der Waals surface area contributed by atoms with Crippen molar-refractivity contribution in [3.05, 3.63) is 29.8 Å². The van der Waals surface area contributed by atoms with Crippen LogP contribution in [0.2, 0.25) is 0 Å². The molecule has 0 aliphatic carbocycles. The summed E-state index contributed by atoms with van der Waals surface area (Å²) in [5.74, 6) is -1.67. The summed E-state index contributed by atoms with van der Waals surface area (Å²) in [4.78, 5) is 14.5. The highest BCUT2D eigenvalue weighted by atomic mass is 19.3. The van der Waals surface area contributed by atoms with Crippen molar-refractivity contribution in [2.45, 2.75) is 12.5 Å². The smallest absolute Gasteiger partial charge is 0.270 e. The Morgan fingerprint density at radius 1 is 1.50 bits per heavy atom. The van der Waals surface area contributed by atoms with Crippen LogP contribution in [-0.2, 0) is 0 Å². The van der Waals surface area contributed by atoms with E-state index in [1.165, 1.54) is 12.1 Å². The van der Waals surface area contributed by atoms with Crippen molar-refractivity contribution in [3.63, 3.8) is 0 Å². The maximum atomic E-state index is 12.6. The van der Waals surface area contributed by atoms with E-state index >= 15 is 0 Å². The molecule has 0 radical (unpaired) electrons. The average molecular weight is 234 g/mol. The molecule has 1 heterocycles. The fourth-order valence-corrected chi connectivity index (χ4v) is 0.912. The van der Waals surface area contributed by atoms with Gasteiger partial charge in [0.05, 0.1) is 0 Å². The van der Waals surface area contributed by atoms with E-state index in [4.69, 9.17) is 5.11 Å². The van der Waals surface area contributed by atoms with Crippen LogP contribution in [-0.4, -0.2) is 35.1 Å². The largest absolute Gasteiger partial charge is 0.385 e. The Kier molecular flexibility index (Phi) is 4.24. The highest BCUT2D eigenvalue weighted by molar-refractivity contribution is 5.92. The molecule has 4 nitrogen and oxygen atoms in total. The van der Waals surface area contributed by atoms with Gasteiger partial charge in [0.25, 0.3) is 12.3 Å². The Morgan fingerprint density at radius 3 is 2.75 bits per heavy atom. The fourth-order valence-electron chi connectivity index (χ4n) is 0.912. The summed E-state index contributed by atoms with van der Waals surface area (Å²) in [5.41, 5.74) is -0.235. The van der Waals surface area contributed by atoms with Gasteiger partial charge in [0.2, 0.25) is 5.95 Å². The second kappa shape index (κ2) is 5.45. The molecule has 1 aromatic rings. The third kappa shape index (κ3) is 3.50. The van der Waals surface area contributed by atoms with Gasteiger partial charge in [0, 0.05) is 6.54 Å². The Bertz CT molecular complexity index is 374.